The summed E-state index contributed by atoms with van der Waals surface area (Å²) in [6, 6.07) is 4.08. The van der Waals surface area contributed by atoms with Crippen molar-refractivity contribution in [3.63, 3.8) is 0 Å². The van der Waals surface area contributed by atoms with Crippen molar-refractivity contribution in [3.05, 3.63) is 46.6 Å². The van der Waals surface area contributed by atoms with Gasteiger partial charge in [-0.2, -0.15) is 0 Å². The number of benzene rings is 1. The van der Waals surface area contributed by atoms with Crippen molar-refractivity contribution in [2.45, 2.75) is 13.8 Å². The zero-order chi connectivity index (χ0) is 12.5. The van der Waals surface area contributed by atoms with Crippen LogP contribution in [0.4, 0.5) is 0 Å². The Morgan fingerprint density at radius 1 is 1.28 bits per heavy atom. The third kappa shape index (κ3) is 1.74. The fraction of sp³-hybridized carbons (Fsp3) is 0.250. The van der Waals surface area contributed by atoms with Crippen molar-refractivity contribution in [2.24, 2.45) is 0 Å². The molecule has 0 N–H and O–H groups in total. The van der Waals surface area contributed by atoms with E-state index in [2.05, 4.69) is 38.1 Å². The second kappa shape index (κ2) is 4.37. The van der Waals surface area contributed by atoms with Gasteiger partial charge in [-0.25, -0.2) is 0 Å². The van der Waals surface area contributed by atoms with E-state index in [0.717, 1.165) is 22.6 Å². The van der Waals surface area contributed by atoms with E-state index in [9.17, 15) is 0 Å². The zero-order valence-electron chi connectivity index (χ0n) is 10.7. The van der Waals surface area contributed by atoms with Crippen molar-refractivity contribution >= 4 is 12.2 Å². The maximum atomic E-state index is 5.92. The molecular weight excluding hydrogens is 224 g/mol. The van der Waals surface area contributed by atoms with Crippen LogP contribution in [0.15, 0.2) is 35.4 Å². The third-order valence-corrected chi connectivity index (χ3v) is 3.45. The molecule has 0 unspecified atom stereocenters. The smallest absolute Gasteiger partial charge is 0.137 e. The average Bonchev–Trinajstić information content (AvgIpc) is 2.45. The van der Waals surface area contributed by atoms with Crippen LogP contribution < -0.4 is 9.47 Å². The lowest BCUT2D eigenvalue weighted by molar-refractivity contribution is 0.332. The van der Waals surface area contributed by atoms with Gasteiger partial charge >= 0.3 is 0 Å². The molecular formula is C16H16O2. The van der Waals surface area contributed by atoms with E-state index >= 15 is 0 Å². The Hall–Kier alpha value is -1.96. The minimum Gasteiger partial charge on any atom is -0.489 e. The van der Waals surface area contributed by atoms with Crippen LogP contribution >= 0.6 is 0 Å². The molecule has 2 nitrogen and oxygen atoms in total. The normalized spacial score (nSPS) is 17.2. The Balaban J connectivity index is 2.10. The van der Waals surface area contributed by atoms with E-state index in [0.29, 0.717) is 13.2 Å². The molecule has 2 heterocycles. The summed E-state index contributed by atoms with van der Waals surface area (Å²) in [6.45, 7) is 5.44. The van der Waals surface area contributed by atoms with Gasteiger partial charge in [-0.15, -0.1) is 0 Å². The van der Waals surface area contributed by atoms with Crippen LogP contribution in [0.1, 0.15) is 25.0 Å². The molecule has 0 spiro atoms. The number of allylic oxidation sites excluding steroid dienone is 1. The van der Waals surface area contributed by atoms with E-state index in [1.165, 1.54) is 11.1 Å². The van der Waals surface area contributed by atoms with Crippen LogP contribution in [0.5, 0.6) is 11.5 Å². The highest BCUT2D eigenvalue weighted by Gasteiger charge is 2.19. The van der Waals surface area contributed by atoms with Gasteiger partial charge in [0.2, 0.25) is 0 Å². The molecule has 0 radical (unpaired) electrons. The summed E-state index contributed by atoms with van der Waals surface area (Å²) in [5, 5.41) is 0. The van der Waals surface area contributed by atoms with Gasteiger partial charge in [0.1, 0.15) is 24.7 Å². The van der Waals surface area contributed by atoms with E-state index in [1.54, 1.807) is 0 Å². The lowest BCUT2D eigenvalue weighted by atomic mass is 9.98. The van der Waals surface area contributed by atoms with Crippen molar-refractivity contribution in [1.82, 2.24) is 0 Å². The summed E-state index contributed by atoms with van der Waals surface area (Å²) in [5.41, 5.74) is 4.70. The molecule has 2 aliphatic heterocycles. The fourth-order valence-electron chi connectivity index (χ4n) is 2.25. The number of hydrogen-bond donors (Lipinski definition) is 0. The molecule has 0 atom stereocenters. The van der Waals surface area contributed by atoms with Gasteiger partial charge in [0.05, 0.1) is 5.56 Å². The average molecular weight is 240 g/mol. The first-order valence-electron chi connectivity index (χ1n) is 6.22. The zero-order valence-corrected chi connectivity index (χ0v) is 10.7. The summed E-state index contributed by atoms with van der Waals surface area (Å²) in [6.07, 6.45) is 8.42. The standard InChI is InChI=1S/C16H16O2/c1-3-11(2)13-9-12-6-7-15-14(5-4-8-17-15)16(12)18-10-13/h3-7,9H,8,10H2,1-2H3/b11-3+. The Morgan fingerprint density at radius 2 is 2.17 bits per heavy atom. The molecule has 2 heteroatoms. The molecule has 0 saturated heterocycles. The minimum absolute atomic E-state index is 0.632. The second-order valence-electron chi connectivity index (χ2n) is 4.54. The fourth-order valence-corrected chi connectivity index (χ4v) is 2.25. The van der Waals surface area contributed by atoms with Gasteiger partial charge in [-0.3, -0.25) is 0 Å². The SMILES string of the molecule is C/C=C(\C)C1=Cc2ccc3c(c2OC1)C=CCO3. The highest BCUT2D eigenvalue weighted by Crippen LogP contribution is 2.39. The first kappa shape index (κ1) is 11.1. The predicted molar refractivity (Wildman–Crippen MR) is 73.9 cm³/mol. The molecule has 92 valence electrons. The van der Waals surface area contributed by atoms with Gasteiger partial charge < -0.3 is 9.47 Å². The largest absolute Gasteiger partial charge is 0.489 e. The predicted octanol–water partition coefficient (Wildman–Crippen LogP) is 3.83. The van der Waals surface area contributed by atoms with Crippen LogP contribution in [0.25, 0.3) is 12.2 Å². The Morgan fingerprint density at radius 3 is 3.00 bits per heavy atom. The maximum Gasteiger partial charge on any atom is 0.137 e. The van der Waals surface area contributed by atoms with Crippen molar-refractivity contribution < 1.29 is 9.47 Å². The van der Waals surface area contributed by atoms with Crippen LogP contribution in [0, 0.1) is 0 Å². The summed E-state index contributed by atoms with van der Waals surface area (Å²) in [5.74, 6) is 1.85. The van der Waals surface area contributed by atoms with Gasteiger partial charge in [0.25, 0.3) is 0 Å². The minimum atomic E-state index is 0.632. The van der Waals surface area contributed by atoms with Crippen molar-refractivity contribution in [1.29, 1.82) is 0 Å². The van der Waals surface area contributed by atoms with E-state index < -0.39 is 0 Å². The van der Waals surface area contributed by atoms with Crippen LogP contribution in [0.2, 0.25) is 0 Å². The molecule has 18 heavy (non-hydrogen) atoms. The molecule has 2 aliphatic rings. The molecule has 0 bridgehead atoms. The Bertz CT molecular complexity index is 577. The van der Waals surface area contributed by atoms with Gasteiger partial charge in [0, 0.05) is 5.56 Å². The third-order valence-electron chi connectivity index (χ3n) is 3.45. The molecule has 1 aromatic rings. The number of ether oxygens (including phenoxy) is 2. The van der Waals surface area contributed by atoms with Crippen LogP contribution in [-0.4, -0.2) is 13.2 Å². The topological polar surface area (TPSA) is 18.5 Å². The first-order valence-corrected chi connectivity index (χ1v) is 6.22. The lowest BCUT2D eigenvalue weighted by Gasteiger charge is -2.23. The quantitative estimate of drug-likeness (QED) is 0.742. The molecule has 0 amide bonds. The number of fused-ring (bicyclic) bond motifs is 3. The molecule has 0 fully saturated rings. The van der Waals surface area contributed by atoms with E-state index in [1.807, 2.05) is 12.1 Å². The highest BCUT2D eigenvalue weighted by molar-refractivity contribution is 5.76. The van der Waals surface area contributed by atoms with Crippen molar-refractivity contribution in [3.8, 4) is 11.5 Å². The molecule has 0 aliphatic carbocycles. The van der Waals surface area contributed by atoms with Gasteiger partial charge in [-0.05, 0) is 55.4 Å². The molecule has 0 aromatic heterocycles. The van der Waals surface area contributed by atoms with Crippen molar-refractivity contribution in [2.75, 3.05) is 13.2 Å². The van der Waals surface area contributed by atoms with Gasteiger partial charge in [-0.1, -0.05) is 6.08 Å². The first-order chi connectivity index (χ1) is 8.79. The van der Waals surface area contributed by atoms with E-state index in [4.69, 9.17) is 9.47 Å². The molecule has 3 rings (SSSR count). The number of hydrogen-bond acceptors (Lipinski definition) is 2. The second-order valence-corrected chi connectivity index (χ2v) is 4.54. The highest BCUT2D eigenvalue weighted by atomic mass is 16.5. The lowest BCUT2D eigenvalue weighted by Crippen LogP contribution is -2.11. The van der Waals surface area contributed by atoms with E-state index in [-0.39, 0.29) is 0 Å². The van der Waals surface area contributed by atoms with Gasteiger partial charge in [0.15, 0.2) is 0 Å². The van der Waals surface area contributed by atoms with Crippen LogP contribution in [0.3, 0.4) is 0 Å². The summed E-state index contributed by atoms with van der Waals surface area (Å²) in [7, 11) is 0. The maximum absolute atomic E-state index is 5.92. The summed E-state index contributed by atoms with van der Waals surface area (Å²) < 4.78 is 11.5. The Labute approximate surface area is 107 Å². The monoisotopic (exact) mass is 240 g/mol. The Kier molecular flexibility index (Phi) is 2.71. The molecule has 0 saturated carbocycles. The summed E-state index contributed by atoms with van der Waals surface area (Å²) >= 11 is 0. The molecule has 1 aromatic carbocycles. The summed E-state index contributed by atoms with van der Waals surface area (Å²) in [4.78, 5) is 0. The number of rotatable bonds is 1. The van der Waals surface area contributed by atoms with Crippen LogP contribution in [-0.2, 0) is 0 Å².